The molecule has 0 saturated carbocycles. The highest BCUT2D eigenvalue weighted by Crippen LogP contribution is 2.11. The summed E-state index contributed by atoms with van der Waals surface area (Å²) in [6.45, 7) is 3.55. The van der Waals surface area contributed by atoms with E-state index in [0.29, 0.717) is 12.5 Å². The molecule has 0 bridgehead atoms. The van der Waals surface area contributed by atoms with Gasteiger partial charge < -0.3 is 15.2 Å². The summed E-state index contributed by atoms with van der Waals surface area (Å²) < 4.78 is 2.06. The normalized spacial score (nSPS) is 15.7. The van der Waals surface area contributed by atoms with Crippen molar-refractivity contribution in [1.82, 2.24) is 14.5 Å². The second-order valence-electron chi connectivity index (χ2n) is 6.13. The Morgan fingerprint density at radius 3 is 2.58 bits per heavy atom. The van der Waals surface area contributed by atoms with Crippen molar-refractivity contribution < 1.29 is 0 Å². The van der Waals surface area contributed by atoms with Gasteiger partial charge in [0.1, 0.15) is 0 Å². The topological polar surface area (TPSA) is 59.4 Å². The van der Waals surface area contributed by atoms with Crippen molar-refractivity contribution in [2.24, 2.45) is 10.7 Å². The Bertz CT molecular complexity index is 631. The molecule has 0 aliphatic carbocycles. The summed E-state index contributed by atoms with van der Waals surface area (Å²) in [5.41, 5.74) is 8.63. The van der Waals surface area contributed by atoms with E-state index in [2.05, 4.69) is 43.7 Å². The van der Waals surface area contributed by atoms with E-state index in [-0.39, 0.29) is 24.0 Å². The van der Waals surface area contributed by atoms with Crippen molar-refractivity contribution in [3.05, 3.63) is 54.1 Å². The third kappa shape index (κ3) is 5.51. The van der Waals surface area contributed by atoms with Crippen molar-refractivity contribution in [3.63, 3.8) is 0 Å². The molecule has 1 saturated heterocycles. The molecule has 1 aromatic heterocycles. The van der Waals surface area contributed by atoms with Gasteiger partial charge in [0, 0.05) is 32.0 Å². The van der Waals surface area contributed by atoms with E-state index in [0.717, 1.165) is 19.6 Å². The lowest BCUT2D eigenvalue weighted by Gasteiger charge is -2.21. The highest BCUT2D eigenvalue weighted by molar-refractivity contribution is 14.0. The molecule has 1 fully saturated rings. The predicted molar refractivity (Wildman–Crippen MR) is 109 cm³/mol. The van der Waals surface area contributed by atoms with Crippen LogP contribution in [0.3, 0.4) is 0 Å². The van der Waals surface area contributed by atoms with Gasteiger partial charge in [0.05, 0.1) is 12.9 Å². The van der Waals surface area contributed by atoms with E-state index in [1.54, 1.807) is 6.20 Å². The summed E-state index contributed by atoms with van der Waals surface area (Å²) in [6, 6.07) is 8.51. The third-order valence-electron chi connectivity index (χ3n) is 4.27. The molecule has 6 heteroatoms. The van der Waals surface area contributed by atoms with Gasteiger partial charge in [-0.05, 0) is 24.0 Å². The fourth-order valence-electron chi connectivity index (χ4n) is 2.99. The molecule has 0 spiro atoms. The molecule has 3 rings (SSSR count). The molecule has 0 unspecified atom stereocenters. The van der Waals surface area contributed by atoms with Crippen LogP contribution in [-0.4, -0.2) is 33.5 Å². The molecule has 1 aliphatic rings. The van der Waals surface area contributed by atoms with Gasteiger partial charge in [-0.15, -0.1) is 24.0 Å². The summed E-state index contributed by atoms with van der Waals surface area (Å²) in [7, 11) is 0. The third-order valence-corrected chi connectivity index (χ3v) is 4.27. The van der Waals surface area contributed by atoms with Gasteiger partial charge in [-0.2, -0.15) is 0 Å². The van der Waals surface area contributed by atoms with Crippen LogP contribution in [0, 0.1) is 0 Å². The Morgan fingerprint density at radius 2 is 1.88 bits per heavy atom. The number of aromatic nitrogens is 2. The van der Waals surface area contributed by atoms with Crippen LogP contribution in [0.25, 0.3) is 0 Å². The van der Waals surface area contributed by atoms with E-state index in [1.807, 2.05) is 12.5 Å². The highest BCUT2D eigenvalue weighted by atomic mass is 127. The van der Waals surface area contributed by atoms with Crippen LogP contribution in [0.1, 0.15) is 36.8 Å². The number of rotatable bonds is 4. The SMILES string of the molecule is I.NC(=NCc1cccc(Cn2ccnc2)c1)N1CCCCCC1. The maximum absolute atomic E-state index is 6.18. The Balaban J connectivity index is 0.00000208. The molecular formula is C18H26IN5. The van der Waals surface area contributed by atoms with Crippen molar-refractivity contribution in [2.75, 3.05) is 13.1 Å². The average molecular weight is 439 g/mol. The van der Waals surface area contributed by atoms with Gasteiger partial charge in [0.25, 0.3) is 0 Å². The van der Waals surface area contributed by atoms with Crippen LogP contribution in [0.4, 0.5) is 0 Å². The Kier molecular flexibility index (Phi) is 7.55. The minimum absolute atomic E-state index is 0. The van der Waals surface area contributed by atoms with Crippen LogP contribution in [0.15, 0.2) is 48.0 Å². The predicted octanol–water partition coefficient (Wildman–Crippen LogP) is 3.24. The van der Waals surface area contributed by atoms with Gasteiger partial charge >= 0.3 is 0 Å². The van der Waals surface area contributed by atoms with Gasteiger partial charge in [-0.25, -0.2) is 9.98 Å². The van der Waals surface area contributed by atoms with E-state index in [4.69, 9.17) is 5.73 Å². The smallest absolute Gasteiger partial charge is 0.191 e. The molecule has 5 nitrogen and oxygen atoms in total. The first-order valence-corrected chi connectivity index (χ1v) is 8.40. The largest absolute Gasteiger partial charge is 0.370 e. The van der Waals surface area contributed by atoms with Crippen molar-refractivity contribution in [3.8, 4) is 0 Å². The number of halogens is 1. The van der Waals surface area contributed by atoms with Gasteiger partial charge in [-0.3, -0.25) is 0 Å². The lowest BCUT2D eigenvalue weighted by molar-refractivity contribution is 0.428. The van der Waals surface area contributed by atoms with Crippen LogP contribution in [0.2, 0.25) is 0 Å². The minimum Gasteiger partial charge on any atom is -0.370 e. The Labute approximate surface area is 161 Å². The lowest BCUT2D eigenvalue weighted by atomic mass is 10.1. The summed E-state index contributed by atoms with van der Waals surface area (Å²) in [5, 5.41) is 0. The molecule has 130 valence electrons. The summed E-state index contributed by atoms with van der Waals surface area (Å²) in [6.07, 6.45) is 10.7. The molecular weight excluding hydrogens is 413 g/mol. The number of nitrogens with zero attached hydrogens (tertiary/aromatic N) is 4. The second-order valence-corrected chi connectivity index (χ2v) is 6.13. The number of imidazole rings is 1. The summed E-state index contributed by atoms with van der Waals surface area (Å²) in [5.74, 6) is 0.687. The van der Waals surface area contributed by atoms with Gasteiger partial charge in [0.2, 0.25) is 0 Å². The van der Waals surface area contributed by atoms with Crippen molar-refractivity contribution >= 4 is 29.9 Å². The number of hydrogen-bond donors (Lipinski definition) is 1. The van der Waals surface area contributed by atoms with Crippen molar-refractivity contribution in [1.29, 1.82) is 0 Å². The summed E-state index contributed by atoms with van der Waals surface area (Å²) >= 11 is 0. The lowest BCUT2D eigenvalue weighted by Crippen LogP contribution is -2.38. The standard InChI is InChI=1S/C18H25N5.HI/c19-18(23-9-3-1-2-4-10-23)21-13-16-6-5-7-17(12-16)14-22-11-8-20-15-22;/h5-8,11-12,15H,1-4,9-10,13-14H2,(H2,19,21);1H. The maximum Gasteiger partial charge on any atom is 0.191 e. The molecule has 1 aliphatic heterocycles. The zero-order valence-electron chi connectivity index (χ0n) is 14.0. The molecule has 2 aromatic rings. The Morgan fingerprint density at radius 1 is 1.12 bits per heavy atom. The quantitative estimate of drug-likeness (QED) is 0.452. The first-order valence-electron chi connectivity index (χ1n) is 8.40. The fraction of sp³-hybridized carbons (Fsp3) is 0.444. The van der Waals surface area contributed by atoms with E-state index in [9.17, 15) is 0 Å². The monoisotopic (exact) mass is 439 g/mol. The zero-order valence-corrected chi connectivity index (χ0v) is 16.3. The van der Waals surface area contributed by atoms with Gasteiger partial charge in [-0.1, -0.05) is 37.1 Å². The highest BCUT2D eigenvalue weighted by Gasteiger charge is 2.10. The molecule has 1 aromatic carbocycles. The number of aliphatic imine (C=N–C) groups is 1. The van der Waals surface area contributed by atoms with E-state index in [1.165, 1.54) is 36.8 Å². The van der Waals surface area contributed by atoms with Gasteiger partial charge in [0.15, 0.2) is 5.96 Å². The van der Waals surface area contributed by atoms with E-state index >= 15 is 0 Å². The molecule has 0 amide bonds. The number of benzene rings is 1. The number of guanidine groups is 1. The number of hydrogen-bond acceptors (Lipinski definition) is 2. The Hall–Kier alpha value is -1.57. The fourth-order valence-corrected chi connectivity index (χ4v) is 2.99. The van der Waals surface area contributed by atoms with Crippen LogP contribution in [-0.2, 0) is 13.1 Å². The minimum atomic E-state index is 0. The average Bonchev–Trinajstić information content (AvgIpc) is 2.92. The van der Waals surface area contributed by atoms with Crippen LogP contribution >= 0.6 is 24.0 Å². The van der Waals surface area contributed by atoms with Crippen molar-refractivity contribution in [2.45, 2.75) is 38.8 Å². The molecule has 0 atom stereocenters. The van der Waals surface area contributed by atoms with Crippen LogP contribution in [0.5, 0.6) is 0 Å². The first kappa shape index (κ1) is 18.8. The van der Waals surface area contributed by atoms with Crippen LogP contribution < -0.4 is 5.73 Å². The van der Waals surface area contributed by atoms with E-state index < -0.39 is 0 Å². The maximum atomic E-state index is 6.18. The molecule has 2 N–H and O–H groups in total. The second kappa shape index (κ2) is 9.66. The number of nitrogens with two attached hydrogens (primary N) is 1. The number of likely N-dealkylation sites (tertiary alicyclic amines) is 1. The summed E-state index contributed by atoms with van der Waals surface area (Å²) in [4.78, 5) is 10.9. The first-order chi connectivity index (χ1) is 11.3. The molecule has 0 radical (unpaired) electrons. The zero-order chi connectivity index (χ0) is 15.9. The molecule has 2 heterocycles. The molecule has 24 heavy (non-hydrogen) atoms.